The van der Waals surface area contributed by atoms with Crippen LogP contribution in [0.1, 0.15) is 34.6 Å². The molecule has 6 nitrogen and oxygen atoms in total. The van der Waals surface area contributed by atoms with Crippen molar-refractivity contribution >= 4 is 17.6 Å². The average Bonchev–Trinajstić information content (AvgIpc) is 2.79. The lowest BCUT2D eigenvalue weighted by atomic mass is 10.1. The molecule has 1 fully saturated rings. The van der Waals surface area contributed by atoms with E-state index in [2.05, 4.69) is 0 Å². The molecule has 0 saturated carbocycles. The second-order valence-corrected chi connectivity index (χ2v) is 5.88. The van der Waals surface area contributed by atoms with Gasteiger partial charge in [-0.05, 0) is 25.0 Å². The van der Waals surface area contributed by atoms with Gasteiger partial charge in [-0.2, -0.15) is 0 Å². The van der Waals surface area contributed by atoms with Gasteiger partial charge in [0.25, 0.3) is 0 Å². The predicted molar refractivity (Wildman–Crippen MR) is 98.0 cm³/mol. The second-order valence-electron chi connectivity index (χ2n) is 5.88. The molecule has 1 saturated heterocycles. The minimum Gasteiger partial charge on any atom is -0.462 e. The van der Waals surface area contributed by atoms with Crippen LogP contribution in [0.5, 0.6) is 0 Å². The summed E-state index contributed by atoms with van der Waals surface area (Å²) in [6.07, 6.45) is 0. The smallest absolute Gasteiger partial charge is 0.340 e. The van der Waals surface area contributed by atoms with Crippen molar-refractivity contribution in [3.8, 4) is 11.1 Å². The van der Waals surface area contributed by atoms with Crippen molar-refractivity contribution in [1.82, 2.24) is 0 Å². The molecular formula is C20H23NO5. The van der Waals surface area contributed by atoms with Crippen molar-refractivity contribution in [2.24, 2.45) is 0 Å². The first-order chi connectivity index (χ1) is 12.7. The summed E-state index contributed by atoms with van der Waals surface area (Å²) < 4.78 is 16.0. The van der Waals surface area contributed by atoms with Crippen molar-refractivity contribution in [3.05, 3.63) is 41.5 Å². The molecule has 0 atom stereocenters. The lowest BCUT2D eigenvalue weighted by Crippen LogP contribution is -2.37. The molecule has 0 unspecified atom stereocenters. The standard InChI is InChI=1S/C20H23NO5/c1-3-25-19(22)16-14-8-6-5-7-9-15(14)17(20(23)26-4-2)18(16)21-10-12-24-13-11-21/h5-9H,3-4,10-13H2,1-2H3. The summed E-state index contributed by atoms with van der Waals surface area (Å²) >= 11 is 0. The first kappa shape index (κ1) is 18.2. The van der Waals surface area contributed by atoms with Crippen LogP contribution in [0.2, 0.25) is 0 Å². The van der Waals surface area contributed by atoms with Gasteiger partial charge in [-0.3, -0.25) is 0 Å². The first-order valence-corrected chi connectivity index (χ1v) is 8.90. The van der Waals surface area contributed by atoms with E-state index in [-0.39, 0.29) is 13.2 Å². The molecule has 0 amide bonds. The molecule has 3 aliphatic rings. The highest BCUT2D eigenvalue weighted by atomic mass is 16.5. The molecule has 6 heteroatoms. The highest BCUT2D eigenvalue weighted by Crippen LogP contribution is 2.43. The Morgan fingerprint density at radius 2 is 1.42 bits per heavy atom. The Kier molecular flexibility index (Phi) is 5.73. The molecule has 0 aromatic heterocycles. The van der Waals surface area contributed by atoms with Gasteiger partial charge in [-0.25, -0.2) is 9.59 Å². The molecule has 3 rings (SSSR count). The number of rotatable bonds is 5. The van der Waals surface area contributed by atoms with Crippen LogP contribution < -0.4 is 4.90 Å². The molecule has 138 valence electrons. The average molecular weight is 357 g/mol. The van der Waals surface area contributed by atoms with E-state index in [1.54, 1.807) is 13.8 Å². The van der Waals surface area contributed by atoms with Crippen LogP contribution in [0.4, 0.5) is 5.69 Å². The third kappa shape index (κ3) is 3.37. The van der Waals surface area contributed by atoms with Crippen LogP contribution in [0, 0.1) is 0 Å². The molecule has 0 aromatic carbocycles. The fourth-order valence-corrected chi connectivity index (χ4v) is 3.29. The van der Waals surface area contributed by atoms with E-state index < -0.39 is 11.9 Å². The van der Waals surface area contributed by atoms with E-state index >= 15 is 0 Å². The van der Waals surface area contributed by atoms with Gasteiger partial charge in [-0.15, -0.1) is 0 Å². The number of ether oxygens (including phenoxy) is 3. The second kappa shape index (κ2) is 8.19. The lowest BCUT2D eigenvalue weighted by Gasteiger charge is -2.30. The summed E-state index contributed by atoms with van der Waals surface area (Å²) in [7, 11) is 0. The van der Waals surface area contributed by atoms with Gasteiger partial charge < -0.3 is 19.1 Å². The number of carbonyl (C=O) groups is 2. The molecule has 26 heavy (non-hydrogen) atoms. The Morgan fingerprint density at radius 3 is 1.88 bits per heavy atom. The molecule has 0 radical (unpaired) electrons. The topological polar surface area (TPSA) is 65.1 Å². The van der Waals surface area contributed by atoms with E-state index in [1.165, 1.54) is 0 Å². The van der Waals surface area contributed by atoms with Crippen molar-refractivity contribution < 1.29 is 23.8 Å². The fourth-order valence-electron chi connectivity index (χ4n) is 3.29. The van der Waals surface area contributed by atoms with Gasteiger partial charge >= 0.3 is 11.9 Å². The summed E-state index contributed by atoms with van der Waals surface area (Å²) in [5.41, 5.74) is 2.81. The zero-order chi connectivity index (χ0) is 18.5. The Morgan fingerprint density at radius 1 is 0.923 bits per heavy atom. The van der Waals surface area contributed by atoms with Crippen LogP contribution in [0.25, 0.3) is 11.1 Å². The van der Waals surface area contributed by atoms with Gasteiger partial charge in [0, 0.05) is 13.1 Å². The number of nitrogens with zero attached hydrogens (tertiary/aromatic N) is 1. The van der Waals surface area contributed by atoms with E-state index in [4.69, 9.17) is 14.2 Å². The van der Waals surface area contributed by atoms with E-state index in [9.17, 15) is 9.59 Å². The predicted octanol–water partition coefficient (Wildman–Crippen LogP) is 2.98. The van der Waals surface area contributed by atoms with Crippen LogP contribution in [0.15, 0.2) is 30.3 Å². The van der Waals surface area contributed by atoms with Gasteiger partial charge in [0.15, 0.2) is 0 Å². The van der Waals surface area contributed by atoms with E-state index in [0.29, 0.717) is 54.2 Å². The zero-order valence-corrected chi connectivity index (χ0v) is 15.1. The Hall–Kier alpha value is -2.60. The number of esters is 2. The number of hydrogen-bond acceptors (Lipinski definition) is 6. The van der Waals surface area contributed by atoms with Gasteiger partial charge in [0.05, 0.1) is 43.2 Å². The quantitative estimate of drug-likeness (QED) is 0.767. The number of anilines is 1. The number of carbonyl (C=O) groups excluding carboxylic acids is 2. The summed E-state index contributed by atoms with van der Waals surface area (Å²) in [6.45, 7) is 6.35. The summed E-state index contributed by atoms with van der Waals surface area (Å²) in [5, 5.41) is 0. The van der Waals surface area contributed by atoms with Gasteiger partial charge in [0.2, 0.25) is 0 Å². The maximum absolute atomic E-state index is 12.8. The van der Waals surface area contributed by atoms with Crippen LogP contribution in [0.3, 0.4) is 0 Å². The SMILES string of the molecule is CCOC(=O)c1c2cccccc-2c(C(=O)OCC)c1N1CCOCC1. The Bertz CT molecular complexity index is 714. The molecular weight excluding hydrogens is 334 g/mol. The van der Waals surface area contributed by atoms with Crippen molar-refractivity contribution in [2.45, 2.75) is 13.8 Å². The fraction of sp³-hybridized carbons (Fsp3) is 0.400. The number of hydrogen-bond donors (Lipinski definition) is 0. The molecule has 0 N–H and O–H groups in total. The van der Waals surface area contributed by atoms with Crippen LogP contribution in [-0.2, 0) is 14.2 Å². The minimum absolute atomic E-state index is 0.266. The first-order valence-electron chi connectivity index (χ1n) is 8.90. The summed E-state index contributed by atoms with van der Waals surface area (Å²) in [6, 6.07) is 9.24. The zero-order valence-electron chi connectivity index (χ0n) is 15.1. The van der Waals surface area contributed by atoms with Crippen molar-refractivity contribution in [1.29, 1.82) is 0 Å². The maximum Gasteiger partial charge on any atom is 0.340 e. The molecule has 0 spiro atoms. The molecule has 2 aliphatic carbocycles. The third-order valence-electron chi connectivity index (χ3n) is 4.34. The Labute approximate surface area is 153 Å². The number of fused-ring (bicyclic) bond motifs is 1. The van der Waals surface area contributed by atoms with Gasteiger partial charge in [-0.1, -0.05) is 30.3 Å². The highest BCUT2D eigenvalue weighted by molar-refractivity contribution is 6.16. The normalized spacial score (nSPS) is 14.3. The third-order valence-corrected chi connectivity index (χ3v) is 4.34. The van der Waals surface area contributed by atoms with E-state index in [0.717, 1.165) is 0 Å². The van der Waals surface area contributed by atoms with Crippen LogP contribution >= 0.6 is 0 Å². The maximum atomic E-state index is 12.8. The molecule has 1 heterocycles. The largest absolute Gasteiger partial charge is 0.462 e. The van der Waals surface area contributed by atoms with Gasteiger partial charge in [0.1, 0.15) is 0 Å². The van der Waals surface area contributed by atoms with Crippen molar-refractivity contribution in [2.75, 3.05) is 44.4 Å². The molecule has 0 bridgehead atoms. The minimum atomic E-state index is -0.430. The molecule has 0 aromatic rings. The summed E-state index contributed by atoms with van der Waals surface area (Å²) in [4.78, 5) is 27.6. The van der Waals surface area contributed by atoms with Crippen molar-refractivity contribution in [3.63, 3.8) is 0 Å². The number of morpholine rings is 1. The summed E-state index contributed by atoms with van der Waals surface area (Å²) in [5.74, 6) is -0.860. The monoisotopic (exact) mass is 357 g/mol. The van der Waals surface area contributed by atoms with Crippen LogP contribution in [-0.4, -0.2) is 51.5 Å². The lowest BCUT2D eigenvalue weighted by molar-refractivity contribution is 0.0525. The van der Waals surface area contributed by atoms with E-state index in [1.807, 2.05) is 35.2 Å². The highest BCUT2D eigenvalue weighted by Gasteiger charge is 2.35. The molecule has 1 aliphatic heterocycles. The Balaban J connectivity index is 2.27.